The zero-order valence-electron chi connectivity index (χ0n) is 16.6. The number of nitrogens with zero attached hydrogens (tertiary/aromatic N) is 4. The number of para-hydroxylation sites is 1. The van der Waals surface area contributed by atoms with Crippen molar-refractivity contribution in [3.05, 3.63) is 71.8 Å². The van der Waals surface area contributed by atoms with Crippen molar-refractivity contribution < 1.29 is 9.18 Å². The van der Waals surface area contributed by atoms with Crippen LogP contribution in [0.25, 0.3) is 11.1 Å². The van der Waals surface area contributed by atoms with E-state index in [1.165, 1.54) is 6.07 Å². The fourth-order valence-electron chi connectivity index (χ4n) is 4.74. The number of halogens is 1. The second kappa shape index (κ2) is 6.52. The molecule has 3 heterocycles. The van der Waals surface area contributed by atoms with Gasteiger partial charge in [0.2, 0.25) is 5.91 Å². The molecule has 5 rings (SSSR count). The minimum Gasteiger partial charge on any atom is -0.307 e. The van der Waals surface area contributed by atoms with Crippen LogP contribution in [0.5, 0.6) is 0 Å². The Morgan fingerprint density at radius 3 is 2.66 bits per heavy atom. The summed E-state index contributed by atoms with van der Waals surface area (Å²) in [7, 11) is 3.88. The quantitative estimate of drug-likeness (QED) is 0.689. The minimum absolute atomic E-state index is 0.0822. The Labute approximate surface area is 169 Å². The highest BCUT2D eigenvalue weighted by molar-refractivity contribution is 6.08. The fraction of sp³-hybridized carbons (Fsp3) is 0.304. The molecule has 5 nitrogen and oxygen atoms in total. The summed E-state index contributed by atoms with van der Waals surface area (Å²) in [5.74, 6) is -0.222. The predicted molar refractivity (Wildman–Crippen MR) is 110 cm³/mol. The summed E-state index contributed by atoms with van der Waals surface area (Å²) in [6, 6.07) is 13.1. The van der Waals surface area contributed by atoms with Gasteiger partial charge in [-0.05, 0) is 43.3 Å². The van der Waals surface area contributed by atoms with E-state index in [2.05, 4.69) is 10.00 Å². The molecule has 1 saturated heterocycles. The molecular weight excluding hydrogens is 367 g/mol. The molecule has 1 aromatic heterocycles. The molecule has 3 aromatic rings. The lowest BCUT2D eigenvalue weighted by molar-refractivity contribution is -0.122. The van der Waals surface area contributed by atoms with Crippen molar-refractivity contribution >= 4 is 11.6 Å². The summed E-state index contributed by atoms with van der Waals surface area (Å²) in [6.07, 6.45) is 4.38. The van der Waals surface area contributed by atoms with Gasteiger partial charge in [-0.15, -0.1) is 0 Å². The Kier molecular flexibility index (Phi) is 4.06. The number of likely N-dealkylation sites (tertiary alicyclic amines) is 1. The van der Waals surface area contributed by atoms with Gasteiger partial charge in [-0.1, -0.05) is 30.3 Å². The first-order valence-electron chi connectivity index (χ1n) is 9.85. The van der Waals surface area contributed by atoms with Crippen molar-refractivity contribution in [2.24, 2.45) is 7.05 Å². The number of anilines is 1. The molecule has 0 saturated carbocycles. The van der Waals surface area contributed by atoms with E-state index in [4.69, 9.17) is 0 Å². The summed E-state index contributed by atoms with van der Waals surface area (Å²) in [6.45, 7) is 1.84. The summed E-state index contributed by atoms with van der Waals surface area (Å²) >= 11 is 0. The maximum atomic E-state index is 15.0. The van der Waals surface area contributed by atoms with Crippen molar-refractivity contribution in [2.75, 3.05) is 25.0 Å². The van der Waals surface area contributed by atoms with E-state index in [0.29, 0.717) is 12.1 Å². The molecular formula is C23H23FN4O. The minimum atomic E-state index is -0.503. The third-order valence-electron chi connectivity index (χ3n) is 6.24. The first kappa shape index (κ1) is 18.1. The lowest BCUT2D eigenvalue weighted by Crippen LogP contribution is -2.41. The number of amides is 1. The van der Waals surface area contributed by atoms with E-state index in [1.54, 1.807) is 21.8 Å². The first-order chi connectivity index (χ1) is 14.0. The molecule has 0 N–H and O–H groups in total. The number of aromatic nitrogens is 2. The Hall–Kier alpha value is -2.99. The predicted octanol–water partition coefficient (Wildman–Crippen LogP) is 3.35. The molecule has 1 amide bonds. The number of hydrogen-bond donors (Lipinski definition) is 0. The van der Waals surface area contributed by atoms with Gasteiger partial charge in [0.15, 0.2) is 0 Å². The molecule has 0 bridgehead atoms. The molecule has 29 heavy (non-hydrogen) atoms. The molecule has 6 heteroatoms. The van der Waals surface area contributed by atoms with Gasteiger partial charge in [-0.25, -0.2) is 4.39 Å². The van der Waals surface area contributed by atoms with E-state index in [0.717, 1.165) is 35.3 Å². The van der Waals surface area contributed by atoms with Gasteiger partial charge < -0.3 is 9.80 Å². The van der Waals surface area contributed by atoms with Crippen LogP contribution >= 0.6 is 0 Å². The maximum absolute atomic E-state index is 15.0. The number of aryl methyl sites for hydroxylation is 1. The number of hydrogen-bond acceptors (Lipinski definition) is 3. The van der Waals surface area contributed by atoms with E-state index >= 15 is 0 Å². The highest BCUT2D eigenvalue weighted by atomic mass is 19.1. The molecule has 1 fully saturated rings. The van der Waals surface area contributed by atoms with Crippen LogP contribution in [-0.4, -0.2) is 40.7 Å². The second-order valence-electron chi connectivity index (χ2n) is 8.19. The highest BCUT2D eigenvalue weighted by Crippen LogP contribution is 2.47. The van der Waals surface area contributed by atoms with Gasteiger partial charge in [0.25, 0.3) is 0 Å². The van der Waals surface area contributed by atoms with Crippen LogP contribution in [0.1, 0.15) is 17.5 Å². The summed E-state index contributed by atoms with van der Waals surface area (Å²) in [4.78, 5) is 17.5. The zero-order chi connectivity index (χ0) is 20.2. The van der Waals surface area contributed by atoms with Crippen LogP contribution in [0.3, 0.4) is 0 Å². The van der Waals surface area contributed by atoms with Gasteiger partial charge >= 0.3 is 0 Å². The average Bonchev–Trinajstić information content (AvgIpc) is 3.38. The van der Waals surface area contributed by atoms with Crippen molar-refractivity contribution in [2.45, 2.75) is 18.4 Å². The summed E-state index contributed by atoms with van der Waals surface area (Å²) < 4.78 is 16.6. The van der Waals surface area contributed by atoms with E-state index in [-0.39, 0.29) is 18.3 Å². The van der Waals surface area contributed by atoms with Crippen LogP contribution in [0.4, 0.5) is 10.1 Å². The van der Waals surface area contributed by atoms with E-state index in [1.807, 2.05) is 50.6 Å². The van der Waals surface area contributed by atoms with Crippen LogP contribution in [0, 0.1) is 5.82 Å². The van der Waals surface area contributed by atoms with Crippen LogP contribution in [-0.2, 0) is 23.8 Å². The molecule has 1 spiro atoms. The number of rotatable bonds is 3. The van der Waals surface area contributed by atoms with Crippen molar-refractivity contribution in [3.8, 4) is 11.1 Å². The monoisotopic (exact) mass is 390 g/mol. The van der Waals surface area contributed by atoms with E-state index in [9.17, 15) is 9.18 Å². The molecule has 148 valence electrons. The van der Waals surface area contributed by atoms with Crippen molar-refractivity contribution in [1.29, 1.82) is 0 Å². The van der Waals surface area contributed by atoms with Gasteiger partial charge in [-0.3, -0.25) is 9.48 Å². The molecule has 0 aliphatic carbocycles. The zero-order valence-corrected chi connectivity index (χ0v) is 16.6. The van der Waals surface area contributed by atoms with Crippen LogP contribution < -0.4 is 4.90 Å². The standard InChI is InChI=1S/C23H23FN4O/c1-26-10-9-23(15-26)19-5-3-4-6-21(19)28(22(23)29)14-17-8-7-16(11-20(17)24)18-12-25-27(2)13-18/h3-8,11-13H,9-10,14-15H2,1-2H3/t23-/m1/s1. The van der Waals surface area contributed by atoms with E-state index < -0.39 is 5.41 Å². The molecule has 0 unspecified atom stereocenters. The number of carbonyl (C=O) groups is 1. The largest absolute Gasteiger partial charge is 0.307 e. The maximum Gasteiger partial charge on any atom is 0.239 e. The van der Waals surface area contributed by atoms with Crippen LogP contribution in [0.15, 0.2) is 54.9 Å². The van der Waals surface area contributed by atoms with Crippen molar-refractivity contribution in [1.82, 2.24) is 14.7 Å². The SMILES string of the molecule is CN1CC[C@]2(C1)C(=O)N(Cc1ccc(-c3cnn(C)c3)cc1F)c1ccccc12. The Morgan fingerprint density at radius 2 is 1.97 bits per heavy atom. The molecule has 1 atom stereocenters. The number of carbonyl (C=O) groups excluding carboxylic acids is 1. The highest BCUT2D eigenvalue weighted by Gasteiger charge is 2.53. The second-order valence-corrected chi connectivity index (χ2v) is 8.19. The summed E-state index contributed by atoms with van der Waals surface area (Å²) in [5, 5.41) is 4.15. The number of benzene rings is 2. The normalized spacial score (nSPS) is 21.3. The van der Waals surface area contributed by atoms with Gasteiger partial charge in [-0.2, -0.15) is 5.10 Å². The van der Waals surface area contributed by atoms with Gasteiger partial charge in [0.1, 0.15) is 5.82 Å². The van der Waals surface area contributed by atoms with Crippen molar-refractivity contribution in [3.63, 3.8) is 0 Å². The lowest BCUT2D eigenvalue weighted by Gasteiger charge is -2.24. The first-order valence-corrected chi connectivity index (χ1v) is 9.85. The Morgan fingerprint density at radius 1 is 1.14 bits per heavy atom. The van der Waals surface area contributed by atoms with Crippen LogP contribution in [0.2, 0.25) is 0 Å². The Bertz CT molecular complexity index is 1110. The van der Waals surface area contributed by atoms with Gasteiger partial charge in [0.05, 0.1) is 18.2 Å². The van der Waals surface area contributed by atoms with Gasteiger partial charge in [0, 0.05) is 36.6 Å². The topological polar surface area (TPSA) is 41.4 Å². The summed E-state index contributed by atoms with van der Waals surface area (Å²) in [5.41, 5.74) is 3.64. The fourth-order valence-corrected chi connectivity index (χ4v) is 4.74. The molecule has 2 aliphatic heterocycles. The Balaban J connectivity index is 1.48. The molecule has 2 aromatic carbocycles. The lowest BCUT2D eigenvalue weighted by atomic mass is 9.81. The third kappa shape index (κ3) is 2.78. The smallest absolute Gasteiger partial charge is 0.239 e. The molecule has 2 aliphatic rings. The average molecular weight is 390 g/mol. The third-order valence-corrected chi connectivity index (χ3v) is 6.24. The molecule has 0 radical (unpaired) electrons. The number of likely N-dealkylation sites (N-methyl/N-ethyl adjacent to an activating group) is 1. The number of fused-ring (bicyclic) bond motifs is 2.